The Morgan fingerprint density at radius 3 is 1.90 bits per heavy atom. The second-order valence-electron chi connectivity index (χ2n) is 11.3. The zero-order valence-electron chi connectivity index (χ0n) is 23.8. The number of amides is 2. The Labute approximate surface area is 239 Å². The molecule has 0 unspecified atom stereocenters. The van der Waals surface area contributed by atoms with Gasteiger partial charge >= 0.3 is 6.03 Å². The van der Waals surface area contributed by atoms with Crippen LogP contribution in [0.15, 0.2) is 66.7 Å². The molecule has 41 heavy (non-hydrogen) atoms. The van der Waals surface area contributed by atoms with Gasteiger partial charge in [-0.25, -0.2) is 24.1 Å². The summed E-state index contributed by atoms with van der Waals surface area (Å²) in [6, 6.07) is 16.3. The second-order valence-corrected chi connectivity index (χ2v) is 11.3. The molecule has 0 aromatic heterocycles. The fourth-order valence-electron chi connectivity index (χ4n) is 5.74. The molecule has 8 nitrogen and oxygen atoms in total. The highest BCUT2D eigenvalue weighted by atomic mass is 19.1. The van der Waals surface area contributed by atoms with E-state index in [1.807, 2.05) is 6.92 Å². The SMILES string of the molecule is CCC[N+](C)(C)C(=O)NN1C[C@H](C(=O)c2cccc(O)c2)C(c2cccc(F)c2C)[C@@H](C(=O)c2cccc(O)c2)C1. The number of carbonyl (C=O) groups excluding carboxylic acids is 3. The van der Waals surface area contributed by atoms with Crippen molar-refractivity contribution in [3.05, 3.63) is 94.8 Å². The first-order valence-corrected chi connectivity index (χ1v) is 13.7. The lowest BCUT2D eigenvalue weighted by molar-refractivity contribution is -0.810. The number of ketones is 2. The number of urea groups is 1. The fraction of sp³-hybridized carbons (Fsp3) is 0.344. The Hall–Kier alpha value is -4.08. The molecular formula is C32H37FN3O5+. The molecule has 3 aromatic carbocycles. The summed E-state index contributed by atoms with van der Waals surface area (Å²) < 4.78 is 14.9. The summed E-state index contributed by atoms with van der Waals surface area (Å²) in [5.41, 5.74) is 4.27. The summed E-state index contributed by atoms with van der Waals surface area (Å²) in [5.74, 6) is -3.80. The number of hydrogen-bond acceptors (Lipinski definition) is 6. The maximum absolute atomic E-state index is 14.9. The first kappa shape index (κ1) is 29.9. The molecule has 0 radical (unpaired) electrons. The lowest BCUT2D eigenvalue weighted by atomic mass is 9.68. The predicted octanol–water partition coefficient (Wildman–Crippen LogP) is 5.05. The van der Waals surface area contributed by atoms with E-state index < -0.39 is 23.6 Å². The number of halogens is 1. The fourth-order valence-corrected chi connectivity index (χ4v) is 5.74. The maximum Gasteiger partial charge on any atom is 0.430 e. The van der Waals surface area contributed by atoms with Crippen molar-refractivity contribution in [2.45, 2.75) is 26.2 Å². The van der Waals surface area contributed by atoms with Gasteiger partial charge in [-0.1, -0.05) is 43.3 Å². The van der Waals surface area contributed by atoms with Crippen LogP contribution >= 0.6 is 0 Å². The Morgan fingerprint density at radius 2 is 1.41 bits per heavy atom. The van der Waals surface area contributed by atoms with E-state index >= 15 is 0 Å². The Morgan fingerprint density at radius 1 is 0.902 bits per heavy atom. The summed E-state index contributed by atoms with van der Waals surface area (Å²) in [6.45, 7) is 4.32. The average Bonchev–Trinajstić information content (AvgIpc) is 2.93. The zero-order valence-corrected chi connectivity index (χ0v) is 23.8. The van der Waals surface area contributed by atoms with Crippen LogP contribution in [0.25, 0.3) is 0 Å². The number of phenolic OH excluding ortho intramolecular Hbond substituents is 2. The molecule has 1 aliphatic heterocycles. The van der Waals surface area contributed by atoms with Gasteiger partial charge in [0.15, 0.2) is 11.6 Å². The summed E-state index contributed by atoms with van der Waals surface area (Å²) in [5, 5.41) is 21.8. The molecule has 0 aliphatic carbocycles. The van der Waals surface area contributed by atoms with Crippen molar-refractivity contribution in [2.75, 3.05) is 33.7 Å². The van der Waals surface area contributed by atoms with Crippen LogP contribution in [0.4, 0.5) is 9.18 Å². The lowest BCUT2D eigenvalue weighted by Gasteiger charge is -2.43. The minimum atomic E-state index is -0.876. The van der Waals surface area contributed by atoms with Gasteiger partial charge in [-0.2, -0.15) is 0 Å². The van der Waals surface area contributed by atoms with Crippen molar-refractivity contribution in [2.24, 2.45) is 11.8 Å². The molecule has 2 atom stereocenters. The number of piperidine rings is 1. The van der Waals surface area contributed by atoms with Gasteiger partial charge in [0.25, 0.3) is 0 Å². The summed E-state index contributed by atoms with van der Waals surface area (Å²) in [7, 11) is 3.57. The van der Waals surface area contributed by atoms with E-state index in [1.165, 1.54) is 30.3 Å². The highest BCUT2D eigenvalue weighted by Gasteiger charge is 2.46. The van der Waals surface area contributed by atoms with Gasteiger partial charge in [-0.05, 0) is 54.8 Å². The maximum atomic E-state index is 14.9. The number of quaternary nitrogens is 1. The van der Waals surface area contributed by atoms with Crippen LogP contribution in [0.1, 0.15) is 51.1 Å². The van der Waals surface area contributed by atoms with Crippen molar-refractivity contribution in [1.82, 2.24) is 10.4 Å². The minimum absolute atomic E-state index is 0.0514. The molecule has 0 saturated carbocycles. The van der Waals surface area contributed by atoms with E-state index in [2.05, 4.69) is 5.43 Å². The molecule has 1 heterocycles. The second kappa shape index (κ2) is 12.2. The van der Waals surface area contributed by atoms with Crippen LogP contribution in [0.3, 0.4) is 0 Å². The summed E-state index contributed by atoms with van der Waals surface area (Å²) >= 11 is 0. The summed E-state index contributed by atoms with van der Waals surface area (Å²) in [6.07, 6.45) is 0.776. The predicted molar refractivity (Wildman–Crippen MR) is 153 cm³/mol. The molecule has 9 heteroatoms. The summed E-state index contributed by atoms with van der Waals surface area (Å²) in [4.78, 5) is 41.5. The van der Waals surface area contributed by atoms with Gasteiger partial charge in [0.2, 0.25) is 0 Å². The molecule has 1 fully saturated rings. The third-order valence-corrected chi connectivity index (χ3v) is 7.89. The number of phenols is 2. The Bertz CT molecular complexity index is 1390. The molecule has 4 rings (SSSR count). The molecule has 1 aliphatic rings. The van der Waals surface area contributed by atoms with Crippen molar-refractivity contribution in [3.63, 3.8) is 0 Å². The third-order valence-electron chi connectivity index (χ3n) is 7.89. The van der Waals surface area contributed by atoms with E-state index in [9.17, 15) is 29.0 Å². The quantitative estimate of drug-likeness (QED) is 0.262. The van der Waals surface area contributed by atoms with Gasteiger partial charge in [0.05, 0.1) is 20.6 Å². The molecule has 0 bridgehead atoms. The van der Waals surface area contributed by atoms with Crippen LogP contribution in [0.5, 0.6) is 11.5 Å². The highest BCUT2D eigenvalue weighted by molar-refractivity contribution is 6.02. The number of hydrazine groups is 1. The highest BCUT2D eigenvalue weighted by Crippen LogP contribution is 2.42. The van der Waals surface area contributed by atoms with Gasteiger partial charge in [-0.3, -0.25) is 9.59 Å². The first-order valence-electron chi connectivity index (χ1n) is 13.7. The number of carbonyl (C=O) groups is 3. The number of rotatable bonds is 8. The lowest BCUT2D eigenvalue weighted by Crippen LogP contribution is -2.61. The van der Waals surface area contributed by atoms with Crippen molar-refractivity contribution < 1.29 is 33.5 Å². The van der Waals surface area contributed by atoms with Crippen molar-refractivity contribution >= 4 is 17.6 Å². The number of nitrogens with one attached hydrogen (secondary N) is 1. The van der Waals surface area contributed by atoms with Gasteiger partial charge < -0.3 is 10.2 Å². The van der Waals surface area contributed by atoms with E-state index in [0.29, 0.717) is 17.7 Å². The number of hydrogen-bond donors (Lipinski definition) is 3. The largest absolute Gasteiger partial charge is 0.508 e. The van der Waals surface area contributed by atoms with Gasteiger partial charge in [0.1, 0.15) is 17.3 Å². The monoisotopic (exact) mass is 562 g/mol. The zero-order chi connectivity index (χ0) is 29.9. The molecule has 1 saturated heterocycles. The number of aromatic hydroxyl groups is 2. The molecule has 2 amide bonds. The van der Waals surface area contributed by atoms with Crippen molar-refractivity contribution in [3.8, 4) is 11.5 Å². The number of nitrogens with zero attached hydrogens (tertiary/aromatic N) is 2. The van der Waals surface area contributed by atoms with E-state index in [1.54, 1.807) is 62.4 Å². The van der Waals surface area contributed by atoms with Crippen molar-refractivity contribution in [1.29, 1.82) is 0 Å². The Kier molecular flexibility index (Phi) is 8.89. The van der Waals surface area contributed by atoms with Crippen LogP contribution in [-0.2, 0) is 0 Å². The van der Waals surface area contributed by atoms with E-state index in [4.69, 9.17) is 0 Å². The van der Waals surface area contributed by atoms with E-state index in [0.717, 1.165) is 6.42 Å². The van der Waals surface area contributed by atoms with E-state index in [-0.39, 0.29) is 57.8 Å². The Balaban J connectivity index is 1.85. The molecule has 3 aromatic rings. The smallest absolute Gasteiger partial charge is 0.430 e. The van der Waals surface area contributed by atoms with Gasteiger partial charge in [0, 0.05) is 42.0 Å². The molecule has 3 N–H and O–H groups in total. The number of Topliss-reactive ketones (excluding diaryl/α,β-unsaturated/α-hetero) is 2. The molecule has 0 spiro atoms. The standard InChI is InChI=1S/C32H36FN3O5/c1-5-15-36(3,4)32(41)34-35-18-26(30(39)21-9-6-11-23(37)16-21)29(25-13-8-14-28(33)20(25)2)27(19-35)31(40)22-10-7-12-24(38)17-22/h6-14,16-17,26-27,29H,5,15,18-19H2,1-4H3,(H2-,34,37,38,41)/p+1/t26-,27-/m0/s1. The normalized spacial score (nSPS) is 18.2. The van der Waals surface area contributed by atoms with Gasteiger partial charge in [-0.15, -0.1) is 0 Å². The third kappa shape index (κ3) is 6.47. The number of benzene rings is 3. The minimum Gasteiger partial charge on any atom is -0.508 e. The van der Waals surface area contributed by atoms with Crippen LogP contribution in [-0.4, -0.2) is 71.0 Å². The molecule has 216 valence electrons. The topological polar surface area (TPSA) is 107 Å². The van der Waals surface area contributed by atoms with Crippen LogP contribution in [0.2, 0.25) is 0 Å². The molecular weight excluding hydrogens is 525 g/mol. The van der Waals surface area contributed by atoms with Crippen LogP contribution < -0.4 is 5.43 Å². The van der Waals surface area contributed by atoms with Crippen LogP contribution in [0, 0.1) is 24.6 Å². The first-order chi connectivity index (χ1) is 19.4. The average molecular weight is 563 g/mol.